The number of carbonyl (C=O) groups excluding carboxylic acids is 2. The van der Waals surface area contributed by atoms with Gasteiger partial charge in [0.2, 0.25) is 0 Å². The summed E-state index contributed by atoms with van der Waals surface area (Å²) in [5.41, 5.74) is 3.40. The van der Waals surface area contributed by atoms with Gasteiger partial charge >= 0.3 is 0 Å². The lowest BCUT2D eigenvalue weighted by molar-refractivity contribution is 0.0533. The van der Waals surface area contributed by atoms with Crippen LogP contribution in [-0.2, 0) is 7.05 Å². The lowest BCUT2D eigenvalue weighted by Gasteiger charge is -2.34. The van der Waals surface area contributed by atoms with Crippen LogP contribution in [-0.4, -0.2) is 57.3 Å². The average Bonchev–Trinajstić information content (AvgIpc) is 3.29. The molecular weight excluding hydrogens is 328 g/mol. The zero-order chi connectivity index (χ0) is 18.3. The highest BCUT2D eigenvalue weighted by atomic mass is 16.2. The van der Waals surface area contributed by atoms with Gasteiger partial charge in [-0.2, -0.15) is 0 Å². The van der Waals surface area contributed by atoms with E-state index in [1.54, 1.807) is 17.2 Å². The van der Waals surface area contributed by atoms with Gasteiger partial charge in [-0.15, -0.1) is 0 Å². The van der Waals surface area contributed by atoms with Gasteiger partial charge in [-0.1, -0.05) is 18.2 Å². The van der Waals surface area contributed by atoms with Gasteiger partial charge in [-0.05, 0) is 25.1 Å². The number of nitrogens with one attached hydrogen (secondary N) is 1. The van der Waals surface area contributed by atoms with Crippen molar-refractivity contribution in [1.82, 2.24) is 19.4 Å². The summed E-state index contributed by atoms with van der Waals surface area (Å²) in [5.74, 6) is 0.0368. The number of aromatic nitrogens is 2. The van der Waals surface area contributed by atoms with Crippen LogP contribution in [0, 0.1) is 6.92 Å². The molecule has 3 aromatic rings. The lowest BCUT2D eigenvalue weighted by atomic mass is 10.1. The molecule has 0 atom stereocenters. The number of piperazine rings is 1. The van der Waals surface area contributed by atoms with E-state index < -0.39 is 0 Å². The topological polar surface area (TPSA) is 61.3 Å². The molecule has 1 N–H and O–H groups in total. The minimum absolute atomic E-state index is 0.0107. The second-order valence-corrected chi connectivity index (χ2v) is 6.70. The summed E-state index contributed by atoms with van der Waals surface area (Å²) >= 11 is 0. The summed E-state index contributed by atoms with van der Waals surface area (Å²) in [6.45, 7) is 4.18. The van der Waals surface area contributed by atoms with E-state index in [1.807, 2.05) is 49.2 Å². The number of aryl methyl sites for hydroxylation is 1. The van der Waals surface area contributed by atoms with Crippen LogP contribution in [0.1, 0.15) is 26.5 Å². The number of nitrogens with zero attached hydrogens (tertiary/aromatic N) is 3. The Morgan fingerprint density at radius 1 is 0.923 bits per heavy atom. The molecule has 0 radical (unpaired) electrons. The van der Waals surface area contributed by atoms with Crippen LogP contribution in [0.3, 0.4) is 0 Å². The largest absolute Gasteiger partial charge is 0.357 e. The molecule has 1 saturated heterocycles. The van der Waals surface area contributed by atoms with E-state index in [4.69, 9.17) is 0 Å². The maximum Gasteiger partial charge on any atom is 0.270 e. The zero-order valence-electron chi connectivity index (χ0n) is 15.0. The number of hydrogen-bond donors (Lipinski definition) is 1. The normalized spacial score (nSPS) is 14.8. The molecule has 2 amide bonds. The number of para-hydroxylation sites is 1. The van der Waals surface area contributed by atoms with Crippen LogP contribution < -0.4 is 0 Å². The second kappa shape index (κ2) is 6.37. The zero-order valence-corrected chi connectivity index (χ0v) is 15.0. The molecule has 134 valence electrons. The Labute approximate surface area is 152 Å². The highest BCUT2D eigenvalue weighted by Crippen LogP contribution is 2.26. The number of aromatic amines is 1. The minimum Gasteiger partial charge on any atom is -0.357 e. The molecule has 0 saturated carbocycles. The number of fused-ring (bicyclic) bond motifs is 1. The van der Waals surface area contributed by atoms with Gasteiger partial charge in [0.05, 0.1) is 5.56 Å². The third kappa shape index (κ3) is 2.58. The molecule has 4 rings (SSSR count). The molecule has 0 spiro atoms. The Hall–Kier alpha value is -3.02. The van der Waals surface area contributed by atoms with Crippen LogP contribution in [0.2, 0.25) is 0 Å². The highest BCUT2D eigenvalue weighted by Gasteiger charge is 2.28. The molecule has 1 aromatic carbocycles. The number of rotatable bonds is 2. The van der Waals surface area contributed by atoms with E-state index in [1.165, 1.54) is 0 Å². The minimum atomic E-state index is -0.0107. The van der Waals surface area contributed by atoms with Gasteiger partial charge in [-0.25, -0.2) is 0 Å². The maximum atomic E-state index is 13.2. The van der Waals surface area contributed by atoms with Crippen molar-refractivity contribution < 1.29 is 9.59 Å². The van der Waals surface area contributed by atoms with Crippen molar-refractivity contribution in [3.63, 3.8) is 0 Å². The fourth-order valence-corrected chi connectivity index (χ4v) is 3.70. The van der Waals surface area contributed by atoms with Gasteiger partial charge in [0.25, 0.3) is 11.8 Å². The van der Waals surface area contributed by atoms with Gasteiger partial charge in [0.15, 0.2) is 0 Å². The first-order valence-corrected chi connectivity index (χ1v) is 8.84. The number of benzene rings is 1. The van der Waals surface area contributed by atoms with Crippen LogP contribution >= 0.6 is 0 Å². The van der Waals surface area contributed by atoms with Crippen molar-refractivity contribution in [3.05, 3.63) is 59.5 Å². The predicted octanol–water partition coefficient (Wildman–Crippen LogP) is 2.41. The predicted molar refractivity (Wildman–Crippen MR) is 100 cm³/mol. The first-order valence-electron chi connectivity index (χ1n) is 8.84. The molecule has 3 heterocycles. The third-order valence-electron chi connectivity index (χ3n) is 5.30. The lowest BCUT2D eigenvalue weighted by Crippen LogP contribution is -2.50. The van der Waals surface area contributed by atoms with Gasteiger partial charge in [0.1, 0.15) is 5.69 Å². The summed E-state index contributed by atoms with van der Waals surface area (Å²) in [4.78, 5) is 32.2. The van der Waals surface area contributed by atoms with Crippen LogP contribution in [0.5, 0.6) is 0 Å². The van der Waals surface area contributed by atoms with Crippen molar-refractivity contribution in [3.8, 4) is 0 Å². The van der Waals surface area contributed by atoms with Crippen LogP contribution in [0.4, 0.5) is 0 Å². The smallest absolute Gasteiger partial charge is 0.270 e. The highest BCUT2D eigenvalue weighted by molar-refractivity contribution is 6.08. The van der Waals surface area contributed by atoms with Crippen molar-refractivity contribution in [2.24, 2.45) is 7.05 Å². The van der Waals surface area contributed by atoms with Crippen molar-refractivity contribution in [2.75, 3.05) is 26.2 Å². The molecule has 0 bridgehead atoms. The monoisotopic (exact) mass is 350 g/mol. The molecule has 1 aliphatic rings. The Balaban J connectivity index is 1.53. The molecule has 1 aliphatic heterocycles. The molecule has 2 aromatic heterocycles. The van der Waals surface area contributed by atoms with Crippen molar-refractivity contribution in [2.45, 2.75) is 6.92 Å². The van der Waals surface area contributed by atoms with E-state index in [-0.39, 0.29) is 11.8 Å². The van der Waals surface area contributed by atoms with Gasteiger partial charge in [-0.3, -0.25) is 9.59 Å². The summed E-state index contributed by atoms with van der Waals surface area (Å²) in [6.07, 6.45) is 1.75. The number of H-pyrrole nitrogens is 1. The van der Waals surface area contributed by atoms with Crippen LogP contribution in [0.25, 0.3) is 10.9 Å². The molecule has 6 nitrogen and oxygen atoms in total. The summed E-state index contributed by atoms with van der Waals surface area (Å²) < 4.78 is 2.06. The van der Waals surface area contributed by atoms with Gasteiger partial charge < -0.3 is 19.4 Å². The maximum absolute atomic E-state index is 13.2. The van der Waals surface area contributed by atoms with E-state index in [9.17, 15) is 9.59 Å². The fourth-order valence-electron chi connectivity index (χ4n) is 3.70. The Morgan fingerprint density at radius 3 is 2.23 bits per heavy atom. The summed E-state index contributed by atoms with van der Waals surface area (Å²) in [5, 5.41) is 0.988. The second-order valence-electron chi connectivity index (χ2n) is 6.70. The Morgan fingerprint density at radius 2 is 1.58 bits per heavy atom. The molecule has 6 heteroatoms. The average molecular weight is 350 g/mol. The number of carbonyl (C=O) groups is 2. The molecular formula is C20H22N4O2. The first-order chi connectivity index (χ1) is 12.6. The van der Waals surface area contributed by atoms with Crippen molar-refractivity contribution in [1.29, 1.82) is 0 Å². The summed E-state index contributed by atoms with van der Waals surface area (Å²) in [7, 11) is 1.99. The van der Waals surface area contributed by atoms with Crippen molar-refractivity contribution >= 4 is 22.7 Å². The third-order valence-corrected chi connectivity index (χ3v) is 5.30. The van der Waals surface area contributed by atoms with Gasteiger partial charge in [0, 0.05) is 56.0 Å². The van der Waals surface area contributed by atoms with E-state index in [0.29, 0.717) is 31.9 Å². The molecule has 0 unspecified atom stereocenters. The molecule has 26 heavy (non-hydrogen) atoms. The van der Waals surface area contributed by atoms with E-state index >= 15 is 0 Å². The van der Waals surface area contributed by atoms with Crippen LogP contribution in [0.15, 0.2) is 42.6 Å². The van der Waals surface area contributed by atoms with E-state index in [0.717, 1.165) is 22.2 Å². The standard InChI is InChI=1S/C20H22N4O2/c1-14-18(15-6-3-4-8-17(15)22(14)2)20(26)24-12-10-23(11-13-24)19(25)16-7-5-9-21-16/h3-9,21H,10-13H2,1-2H3. The quantitative estimate of drug-likeness (QED) is 0.771. The molecule has 1 fully saturated rings. The fraction of sp³-hybridized carbons (Fsp3) is 0.300. The number of amides is 2. The SMILES string of the molecule is Cc1c(C(=O)N2CCN(C(=O)c3ccc[nH]3)CC2)c2ccccc2n1C. The number of hydrogen-bond acceptors (Lipinski definition) is 2. The van der Waals surface area contributed by atoms with E-state index in [2.05, 4.69) is 9.55 Å². The Kier molecular flexibility index (Phi) is 4.03. The first kappa shape index (κ1) is 16.4. The Bertz CT molecular complexity index is 963. The summed E-state index contributed by atoms with van der Waals surface area (Å²) in [6, 6.07) is 11.6. The molecule has 0 aliphatic carbocycles.